The third-order valence-electron chi connectivity index (χ3n) is 4.05. The first-order valence-corrected chi connectivity index (χ1v) is 6.68. The highest BCUT2D eigenvalue weighted by molar-refractivity contribution is 5.54. The number of nitrogens with zero attached hydrogens (tertiary/aromatic N) is 3. The van der Waals surface area contributed by atoms with Gasteiger partial charge in [-0.05, 0) is 19.3 Å². The fraction of sp³-hybridized carbons (Fsp3) is 0.692. The monoisotopic (exact) mass is 248 g/mol. The minimum atomic E-state index is -0.421. The Hall–Kier alpha value is -1.20. The fourth-order valence-electron chi connectivity index (χ4n) is 3.09. The lowest BCUT2D eigenvalue weighted by Gasteiger charge is -2.36. The molecule has 1 aliphatic heterocycles. The summed E-state index contributed by atoms with van der Waals surface area (Å²) in [5.41, 5.74) is 1.98. The molecule has 0 radical (unpaired) electrons. The van der Waals surface area contributed by atoms with Gasteiger partial charge in [0.2, 0.25) is 0 Å². The predicted octanol–water partition coefficient (Wildman–Crippen LogP) is 0.815. The van der Waals surface area contributed by atoms with Crippen molar-refractivity contribution in [3.8, 4) is 0 Å². The largest absolute Gasteiger partial charge is 0.387 e. The van der Waals surface area contributed by atoms with Gasteiger partial charge < -0.3 is 15.3 Å². The van der Waals surface area contributed by atoms with Crippen molar-refractivity contribution < 1.29 is 5.11 Å². The molecule has 2 aliphatic rings. The van der Waals surface area contributed by atoms with E-state index in [0.29, 0.717) is 12.0 Å². The molecule has 0 saturated carbocycles. The van der Waals surface area contributed by atoms with Crippen LogP contribution in [-0.4, -0.2) is 40.8 Å². The van der Waals surface area contributed by atoms with Gasteiger partial charge in [-0.15, -0.1) is 0 Å². The lowest BCUT2D eigenvalue weighted by atomic mass is 10.0. The third kappa shape index (κ3) is 1.78. The van der Waals surface area contributed by atoms with Gasteiger partial charge in [0.1, 0.15) is 12.1 Å². The van der Waals surface area contributed by atoms with E-state index in [-0.39, 0.29) is 0 Å². The summed E-state index contributed by atoms with van der Waals surface area (Å²) in [5, 5.41) is 13.4. The SMILES string of the molecule is CC1C[C@@H](O)c2ncnc(N3CCNC[C@@H]3C)c21. The van der Waals surface area contributed by atoms with Gasteiger partial charge in [-0.3, -0.25) is 0 Å². The summed E-state index contributed by atoms with van der Waals surface area (Å²) in [6.07, 6.45) is 1.93. The number of aliphatic hydroxyl groups excluding tert-OH is 1. The summed E-state index contributed by atoms with van der Waals surface area (Å²) in [7, 11) is 0. The van der Waals surface area contributed by atoms with Gasteiger partial charge in [0.15, 0.2) is 0 Å². The molecule has 3 rings (SSSR count). The van der Waals surface area contributed by atoms with Gasteiger partial charge in [0.25, 0.3) is 0 Å². The summed E-state index contributed by atoms with van der Waals surface area (Å²) >= 11 is 0. The van der Waals surface area contributed by atoms with Crippen molar-refractivity contribution in [2.24, 2.45) is 0 Å². The number of rotatable bonds is 1. The smallest absolute Gasteiger partial charge is 0.136 e. The maximum atomic E-state index is 10.0. The Bertz CT molecular complexity index is 451. The molecule has 0 amide bonds. The summed E-state index contributed by atoms with van der Waals surface area (Å²) in [6.45, 7) is 7.29. The van der Waals surface area contributed by atoms with Gasteiger partial charge in [-0.1, -0.05) is 6.92 Å². The van der Waals surface area contributed by atoms with E-state index in [9.17, 15) is 5.11 Å². The summed E-state index contributed by atoms with van der Waals surface area (Å²) < 4.78 is 0. The Morgan fingerprint density at radius 1 is 1.39 bits per heavy atom. The average Bonchev–Trinajstić information content (AvgIpc) is 2.66. The van der Waals surface area contributed by atoms with E-state index in [0.717, 1.165) is 43.1 Å². The van der Waals surface area contributed by atoms with Crippen LogP contribution in [0.4, 0.5) is 5.82 Å². The van der Waals surface area contributed by atoms with Crippen LogP contribution in [0.2, 0.25) is 0 Å². The van der Waals surface area contributed by atoms with Crippen LogP contribution in [-0.2, 0) is 0 Å². The molecular formula is C13H20N4O. The molecule has 1 saturated heterocycles. The van der Waals surface area contributed by atoms with Gasteiger partial charge in [0, 0.05) is 31.2 Å². The van der Waals surface area contributed by atoms with Crippen LogP contribution >= 0.6 is 0 Å². The summed E-state index contributed by atoms with van der Waals surface area (Å²) in [4.78, 5) is 11.1. The third-order valence-corrected chi connectivity index (χ3v) is 4.05. The molecule has 5 nitrogen and oxygen atoms in total. The Balaban J connectivity index is 2.02. The number of hydrogen-bond donors (Lipinski definition) is 2. The highest BCUT2D eigenvalue weighted by Gasteiger charge is 2.34. The van der Waals surface area contributed by atoms with Crippen LogP contribution in [0.5, 0.6) is 0 Å². The summed E-state index contributed by atoms with van der Waals surface area (Å²) in [5.74, 6) is 1.37. The van der Waals surface area contributed by atoms with Gasteiger partial charge in [0.05, 0.1) is 11.8 Å². The first-order valence-electron chi connectivity index (χ1n) is 6.68. The van der Waals surface area contributed by atoms with E-state index in [1.165, 1.54) is 0 Å². The van der Waals surface area contributed by atoms with Crippen molar-refractivity contribution in [3.05, 3.63) is 17.6 Å². The van der Waals surface area contributed by atoms with Crippen molar-refractivity contribution in [2.75, 3.05) is 24.5 Å². The zero-order valence-corrected chi connectivity index (χ0v) is 10.9. The molecule has 18 heavy (non-hydrogen) atoms. The molecule has 1 fully saturated rings. The minimum Gasteiger partial charge on any atom is -0.387 e. The topological polar surface area (TPSA) is 61.3 Å². The lowest BCUT2D eigenvalue weighted by Crippen LogP contribution is -2.50. The molecule has 1 unspecified atom stereocenters. The molecular weight excluding hydrogens is 228 g/mol. The molecule has 1 aliphatic carbocycles. The van der Waals surface area contributed by atoms with Gasteiger partial charge in [-0.25, -0.2) is 9.97 Å². The normalized spacial score (nSPS) is 31.5. The van der Waals surface area contributed by atoms with E-state index < -0.39 is 6.10 Å². The molecule has 0 aromatic carbocycles. The molecule has 2 heterocycles. The Morgan fingerprint density at radius 3 is 3.00 bits per heavy atom. The molecule has 5 heteroatoms. The Morgan fingerprint density at radius 2 is 2.22 bits per heavy atom. The van der Waals surface area contributed by atoms with E-state index in [4.69, 9.17) is 0 Å². The number of hydrogen-bond acceptors (Lipinski definition) is 5. The number of aliphatic hydroxyl groups is 1. The molecule has 2 N–H and O–H groups in total. The van der Waals surface area contributed by atoms with E-state index in [1.807, 2.05) is 0 Å². The number of nitrogens with one attached hydrogen (secondary N) is 1. The number of aromatic nitrogens is 2. The first-order chi connectivity index (χ1) is 8.68. The predicted molar refractivity (Wildman–Crippen MR) is 69.7 cm³/mol. The quantitative estimate of drug-likeness (QED) is 0.770. The Kier molecular flexibility index (Phi) is 2.95. The van der Waals surface area contributed by atoms with Crippen LogP contribution in [0.3, 0.4) is 0 Å². The highest BCUT2D eigenvalue weighted by atomic mass is 16.3. The van der Waals surface area contributed by atoms with Crippen LogP contribution in [0.1, 0.15) is 43.5 Å². The van der Waals surface area contributed by atoms with Crippen molar-refractivity contribution in [3.63, 3.8) is 0 Å². The lowest BCUT2D eigenvalue weighted by molar-refractivity contribution is 0.170. The van der Waals surface area contributed by atoms with E-state index in [2.05, 4.69) is 34.0 Å². The van der Waals surface area contributed by atoms with Crippen LogP contribution < -0.4 is 10.2 Å². The molecule has 0 bridgehead atoms. The maximum Gasteiger partial charge on any atom is 0.136 e. The zero-order valence-electron chi connectivity index (χ0n) is 10.9. The van der Waals surface area contributed by atoms with Crippen LogP contribution in [0.15, 0.2) is 6.33 Å². The summed E-state index contributed by atoms with van der Waals surface area (Å²) in [6, 6.07) is 0.433. The molecule has 98 valence electrons. The van der Waals surface area contributed by atoms with Crippen LogP contribution in [0.25, 0.3) is 0 Å². The number of fused-ring (bicyclic) bond motifs is 1. The maximum absolute atomic E-state index is 10.0. The zero-order chi connectivity index (χ0) is 12.7. The number of piperazine rings is 1. The number of anilines is 1. The average molecular weight is 248 g/mol. The minimum absolute atomic E-state index is 0.341. The molecule has 1 aromatic rings. The van der Waals surface area contributed by atoms with Crippen molar-refractivity contribution >= 4 is 5.82 Å². The van der Waals surface area contributed by atoms with E-state index >= 15 is 0 Å². The highest BCUT2D eigenvalue weighted by Crippen LogP contribution is 2.43. The Labute approximate surface area is 107 Å². The second-order valence-electron chi connectivity index (χ2n) is 5.40. The van der Waals surface area contributed by atoms with Gasteiger partial charge >= 0.3 is 0 Å². The standard InChI is InChI=1S/C13H20N4O/c1-8-5-10(18)12-11(8)13(16-7-15-12)17-4-3-14-6-9(17)2/h7-10,14,18H,3-6H2,1-2H3/t8?,9-,10+/m0/s1. The van der Waals surface area contributed by atoms with Gasteiger partial charge in [-0.2, -0.15) is 0 Å². The molecule has 0 spiro atoms. The fourth-order valence-corrected chi connectivity index (χ4v) is 3.09. The second-order valence-corrected chi connectivity index (χ2v) is 5.40. The molecule has 1 aromatic heterocycles. The second kappa shape index (κ2) is 4.48. The van der Waals surface area contributed by atoms with Crippen molar-refractivity contribution in [2.45, 2.75) is 38.3 Å². The van der Waals surface area contributed by atoms with Crippen LogP contribution in [0, 0.1) is 0 Å². The first kappa shape index (κ1) is 11.9. The van der Waals surface area contributed by atoms with Crippen molar-refractivity contribution in [1.82, 2.24) is 15.3 Å². The van der Waals surface area contributed by atoms with Crippen molar-refractivity contribution in [1.29, 1.82) is 0 Å². The molecule has 3 atom stereocenters. The van der Waals surface area contributed by atoms with E-state index in [1.54, 1.807) is 6.33 Å².